The molecule has 1 fully saturated rings. The summed E-state index contributed by atoms with van der Waals surface area (Å²) in [6.07, 6.45) is 3.28. The Bertz CT molecular complexity index is 1010. The maximum Gasteiger partial charge on any atom is 0.275 e. The lowest BCUT2D eigenvalue weighted by molar-refractivity contribution is 0.217. The highest BCUT2D eigenvalue weighted by atomic mass is 16.1. The summed E-state index contributed by atoms with van der Waals surface area (Å²) in [4.78, 5) is 19.9. The van der Waals surface area contributed by atoms with Crippen molar-refractivity contribution in [3.8, 4) is 0 Å². The predicted octanol–water partition coefficient (Wildman–Crippen LogP) is 1.77. The average molecular weight is 366 g/mol. The second-order valence-corrected chi connectivity index (χ2v) is 7.61. The van der Waals surface area contributed by atoms with Crippen molar-refractivity contribution >= 4 is 10.8 Å². The van der Waals surface area contributed by atoms with Crippen LogP contribution in [0, 0.1) is 12.8 Å². The Hall–Kier alpha value is -2.54. The summed E-state index contributed by atoms with van der Waals surface area (Å²) < 4.78 is 3.28. The van der Waals surface area contributed by atoms with E-state index in [0.717, 1.165) is 42.2 Å². The van der Waals surface area contributed by atoms with Crippen molar-refractivity contribution in [2.45, 2.75) is 32.7 Å². The second kappa shape index (κ2) is 7.23. The zero-order valence-electron chi connectivity index (χ0n) is 16.2. The topological polar surface area (TPSA) is 68.8 Å². The molecule has 0 spiro atoms. The lowest BCUT2D eigenvalue weighted by Gasteiger charge is -2.28. The van der Waals surface area contributed by atoms with E-state index in [1.54, 1.807) is 4.68 Å². The molecular weight excluding hydrogens is 340 g/mol. The van der Waals surface area contributed by atoms with Crippen LogP contribution in [-0.4, -0.2) is 49.6 Å². The molecule has 1 aliphatic heterocycles. The Labute approximate surface area is 158 Å². The highest BCUT2D eigenvalue weighted by Crippen LogP contribution is 2.19. The van der Waals surface area contributed by atoms with E-state index in [1.807, 2.05) is 38.2 Å². The van der Waals surface area contributed by atoms with Crippen molar-refractivity contribution in [1.82, 2.24) is 29.4 Å². The third-order valence-electron chi connectivity index (χ3n) is 5.55. The van der Waals surface area contributed by atoms with Crippen LogP contribution in [0.2, 0.25) is 0 Å². The summed E-state index contributed by atoms with van der Waals surface area (Å²) in [7, 11) is 4.06. The van der Waals surface area contributed by atoms with E-state index in [0.29, 0.717) is 17.8 Å². The lowest BCUT2D eigenvalue weighted by atomic mass is 9.94. The summed E-state index contributed by atoms with van der Waals surface area (Å²) in [5.74, 6) is 2.27. The van der Waals surface area contributed by atoms with Gasteiger partial charge in [-0.3, -0.25) is 9.48 Å². The van der Waals surface area contributed by atoms with Crippen molar-refractivity contribution in [2.75, 3.05) is 20.1 Å². The van der Waals surface area contributed by atoms with E-state index in [1.165, 1.54) is 17.5 Å². The van der Waals surface area contributed by atoms with Crippen LogP contribution in [0.3, 0.4) is 0 Å². The largest absolute Gasteiger partial charge is 0.306 e. The fourth-order valence-electron chi connectivity index (χ4n) is 3.87. The molecular formula is C20H26N6O. The van der Waals surface area contributed by atoms with E-state index in [9.17, 15) is 4.79 Å². The molecule has 1 aromatic carbocycles. The number of benzene rings is 1. The molecule has 7 nitrogen and oxygen atoms in total. The number of hydrogen-bond donors (Lipinski definition) is 0. The van der Waals surface area contributed by atoms with E-state index in [-0.39, 0.29) is 5.56 Å². The fraction of sp³-hybridized carbons (Fsp3) is 0.500. The first-order chi connectivity index (χ1) is 13.0. The van der Waals surface area contributed by atoms with Crippen LogP contribution in [0.5, 0.6) is 0 Å². The van der Waals surface area contributed by atoms with Crippen LogP contribution in [-0.2, 0) is 20.0 Å². The molecule has 0 saturated carbocycles. The van der Waals surface area contributed by atoms with Gasteiger partial charge in [-0.2, -0.15) is 10.2 Å². The molecule has 1 saturated heterocycles. The van der Waals surface area contributed by atoms with Gasteiger partial charge in [-0.25, -0.2) is 9.67 Å². The minimum Gasteiger partial charge on any atom is -0.306 e. The van der Waals surface area contributed by atoms with Gasteiger partial charge < -0.3 is 4.90 Å². The second-order valence-electron chi connectivity index (χ2n) is 7.61. The van der Waals surface area contributed by atoms with Gasteiger partial charge in [0.2, 0.25) is 0 Å². The molecule has 0 N–H and O–H groups in total. The molecule has 1 aliphatic rings. The Morgan fingerprint density at radius 2 is 1.78 bits per heavy atom. The number of aryl methyl sites for hydroxylation is 2. The summed E-state index contributed by atoms with van der Waals surface area (Å²) in [6, 6.07) is 7.60. The Morgan fingerprint density at radius 3 is 2.52 bits per heavy atom. The van der Waals surface area contributed by atoms with Crippen molar-refractivity contribution in [1.29, 1.82) is 0 Å². The first-order valence-electron chi connectivity index (χ1n) is 9.55. The Morgan fingerprint density at radius 1 is 1.07 bits per heavy atom. The van der Waals surface area contributed by atoms with Crippen molar-refractivity contribution < 1.29 is 0 Å². The van der Waals surface area contributed by atoms with Crippen LogP contribution in [0.25, 0.3) is 10.8 Å². The quantitative estimate of drug-likeness (QED) is 0.704. The van der Waals surface area contributed by atoms with Gasteiger partial charge in [0, 0.05) is 18.9 Å². The van der Waals surface area contributed by atoms with Gasteiger partial charge in [0.25, 0.3) is 5.56 Å². The smallest absolute Gasteiger partial charge is 0.275 e. The highest BCUT2D eigenvalue weighted by Gasteiger charge is 2.20. The number of hydrogen-bond acceptors (Lipinski definition) is 5. The molecule has 0 amide bonds. The Kier molecular flexibility index (Phi) is 4.78. The molecule has 0 unspecified atom stereocenters. The zero-order valence-corrected chi connectivity index (χ0v) is 16.2. The fourth-order valence-corrected chi connectivity index (χ4v) is 3.87. The van der Waals surface area contributed by atoms with Gasteiger partial charge in [0.15, 0.2) is 5.82 Å². The third kappa shape index (κ3) is 3.64. The Balaban J connectivity index is 1.57. The van der Waals surface area contributed by atoms with E-state index < -0.39 is 0 Å². The van der Waals surface area contributed by atoms with Crippen LogP contribution in [0.15, 0.2) is 29.1 Å². The van der Waals surface area contributed by atoms with E-state index in [4.69, 9.17) is 4.98 Å². The van der Waals surface area contributed by atoms with Crippen LogP contribution >= 0.6 is 0 Å². The van der Waals surface area contributed by atoms with Gasteiger partial charge in [-0.15, -0.1) is 0 Å². The maximum atomic E-state index is 12.8. The molecule has 0 aliphatic carbocycles. The van der Waals surface area contributed by atoms with Gasteiger partial charge in [0.1, 0.15) is 12.4 Å². The predicted molar refractivity (Wildman–Crippen MR) is 105 cm³/mol. The molecule has 0 radical (unpaired) electrons. The van der Waals surface area contributed by atoms with Crippen LogP contribution in [0.4, 0.5) is 0 Å². The molecule has 3 aromatic rings. The summed E-state index contributed by atoms with van der Waals surface area (Å²) >= 11 is 0. The van der Waals surface area contributed by atoms with E-state index in [2.05, 4.69) is 22.1 Å². The number of rotatable bonds is 4. The maximum absolute atomic E-state index is 12.8. The molecule has 4 rings (SSSR count). The SMILES string of the molecule is Cc1nn(Cc2nc(CC3CCN(C)CC3)nn2C)c(=O)c2ccccc12. The number of likely N-dealkylation sites (tertiary alicyclic amines) is 1. The highest BCUT2D eigenvalue weighted by molar-refractivity contribution is 5.83. The molecule has 0 bridgehead atoms. The van der Waals surface area contributed by atoms with Gasteiger partial charge in [-0.1, -0.05) is 18.2 Å². The summed E-state index contributed by atoms with van der Waals surface area (Å²) in [6.45, 7) is 4.54. The van der Waals surface area contributed by atoms with Gasteiger partial charge in [-0.05, 0) is 51.9 Å². The first kappa shape index (κ1) is 17.9. The first-order valence-corrected chi connectivity index (χ1v) is 9.55. The molecule has 2 aromatic heterocycles. The monoisotopic (exact) mass is 366 g/mol. The van der Waals surface area contributed by atoms with Crippen molar-refractivity contribution in [3.05, 3.63) is 52.0 Å². The minimum atomic E-state index is -0.0870. The zero-order chi connectivity index (χ0) is 19.0. The minimum absolute atomic E-state index is 0.0870. The summed E-state index contributed by atoms with van der Waals surface area (Å²) in [5, 5.41) is 10.7. The normalized spacial score (nSPS) is 16.3. The third-order valence-corrected chi connectivity index (χ3v) is 5.55. The lowest BCUT2D eigenvalue weighted by Crippen LogP contribution is -2.31. The van der Waals surface area contributed by atoms with Crippen molar-refractivity contribution in [3.63, 3.8) is 0 Å². The number of piperidine rings is 1. The molecule has 7 heteroatoms. The average Bonchev–Trinajstić information content (AvgIpc) is 3.00. The van der Waals surface area contributed by atoms with E-state index >= 15 is 0 Å². The number of nitrogens with zero attached hydrogens (tertiary/aromatic N) is 6. The van der Waals surface area contributed by atoms with Crippen LogP contribution < -0.4 is 5.56 Å². The molecule has 0 atom stereocenters. The molecule has 142 valence electrons. The van der Waals surface area contributed by atoms with Crippen LogP contribution in [0.1, 0.15) is 30.2 Å². The molecule has 3 heterocycles. The van der Waals surface area contributed by atoms with Gasteiger partial charge >= 0.3 is 0 Å². The summed E-state index contributed by atoms with van der Waals surface area (Å²) in [5.41, 5.74) is 0.759. The number of aromatic nitrogens is 5. The van der Waals surface area contributed by atoms with Crippen molar-refractivity contribution in [2.24, 2.45) is 13.0 Å². The molecule has 27 heavy (non-hydrogen) atoms. The standard InChI is InChI=1S/C20H26N6O/c1-14-16-6-4-5-7-17(16)20(27)26(22-14)13-19-21-18(23-25(19)3)12-15-8-10-24(2)11-9-15/h4-7,15H,8-13H2,1-3H3. The van der Waals surface area contributed by atoms with Gasteiger partial charge in [0.05, 0.1) is 11.1 Å². The number of fused-ring (bicyclic) bond motifs is 1.